The van der Waals surface area contributed by atoms with Crippen LogP contribution in [0, 0.1) is 0 Å². The first-order valence-electron chi connectivity index (χ1n) is 8.93. The number of carbonyl (C=O) groups is 2. The number of hydrogen-bond acceptors (Lipinski definition) is 5. The van der Waals surface area contributed by atoms with Crippen LogP contribution in [-0.2, 0) is 11.2 Å². The minimum Gasteiger partial charge on any atom is -0.496 e. The minimum atomic E-state index is -0.539. The van der Waals surface area contributed by atoms with Crippen molar-refractivity contribution in [2.45, 2.75) is 6.42 Å². The predicted octanol–water partition coefficient (Wildman–Crippen LogP) is 5.08. The summed E-state index contributed by atoms with van der Waals surface area (Å²) in [6, 6.07) is 21.0. The maximum Gasteiger partial charge on any atom is 0.343 e. The van der Waals surface area contributed by atoms with Gasteiger partial charge in [0.15, 0.2) is 0 Å². The number of benzene rings is 3. The van der Waals surface area contributed by atoms with E-state index in [1.165, 1.54) is 6.07 Å². The summed E-state index contributed by atoms with van der Waals surface area (Å²) in [5.41, 5.74) is 1.77. The molecule has 3 aromatic rings. The van der Waals surface area contributed by atoms with Crippen molar-refractivity contribution in [1.82, 2.24) is 0 Å². The summed E-state index contributed by atoms with van der Waals surface area (Å²) in [6.45, 7) is 0.271. The van der Waals surface area contributed by atoms with Crippen LogP contribution in [0.5, 0.6) is 11.5 Å². The standard InChI is InChI=1S/C23H19BrO5/c1-27-21-11-10-18(15-20(21)24)23(26)29-19-9-5-8-17(14-19)22(25)28-13-12-16-6-3-2-4-7-16/h2-11,14-15H,12-13H2,1H3. The maximum absolute atomic E-state index is 12.4. The Kier molecular flexibility index (Phi) is 7.03. The Bertz CT molecular complexity index is 1000. The lowest BCUT2D eigenvalue weighted by Gasteiger charge is -2.09. The minimum absolute atomic E-state index is 0.263. The number of methoxy groups -OCH3 is 1. The fourth-order valence-electron chi connectivity index (χ4n) is 2.64. The predicted molar refractivity (Wildman–Crippen MR) is 113 cm³/mol. The van der Waals surface area contributed by atoms with Gasteiger partial charge in [-0.15, -0.1) is 0 Å². The summed E-state index contributed by atoms with van der Waals surface area (Å²) in [6.07, 6.45) is 0.633. The first-order chi connectivity index (χ1) is 14.1. The molecule has 0 unspecified atom stereocenters. The molecule has 0 saturated heterocycles. The van der Waals surface area contributed by atoms with Crippen molar-refractivity contribution >= 4 is 27.9 Å². The topological polar surface area (TPSA) is 61.8 Å². The Morgan fingerprint density at radius 2 is 1.62 bits per heavy atom. The third-order valence-corrected chi connectivity index (χ3v) is 4.75. The third-order valence-electron chi connectivity index (χ3n) is 4.13. The largest absolute Gasteiger partial charge is 0.496 e. The molecule has 0 radical (unpaired) electrons. The molecule has 0 spiro atoms. The summed E-state index contributed by atoms with van der Waals surface area (Å²) >= 11 is 3.34. The average molecular weight is 455 g/mol. The van der Waals surface area contributed by atoms with Crippen molar-refractivity contribution in [3.05, 3.63) is 94.0 Å². The molecule has 0 fully saturated rings. The number of rotatable bonds is 7. The Morgan fingerprint density at radius 3 is 2.34 bits per heavy atom. The molecule has 0 N–H and O–H groups in total. The quantitative estimate of drug-likeness (QED) is 0.368. The molecule has 29 heavy (non-hydrogen) atoms. The molecule has 0 atom stereocenters. The Balaban J connectivity index is 1.60. The molecule has 3 aromatic carbocycles. The fraction of sp³-hybridized carbons (Fsp3) is 0.130. The molecule has 0 amide bonds. The second-order valence-electron chi connectivity index (χ2n) is 6.14. The highest BCUT2D eigenvalue weighted by Crippen LogP contribution is 2.26. The molecule has 148 valence electrons. The summed E-state index contributed by atoms with van der Waals surface area (Å²) in [7, 11) is 1.54. The molecule has 0 aliphatic rings. The fourth-order valence-corrected chi connectivity index (χ4v) is 3.18. The highest BCUT2D eigenvalue weighted by atomic mass is 79.9. The van der Waals surface area contributed by atoms with Crippen LogP contribution in [0.25, 0.3) is 0 Å². The first kappa shape index (κ1) is 20.6. The zero-order valence-electron chi connectivity index (χ0n) is 15.8. The van der Waals surface area contributed by atoms with Crippen molar-refractivity contribution in [3.63, 3.8) is 0 Å². The highest BCUT2D eigenvalue weighted by Gasteiger charge is 2.13. The van der Waals surface area contributed by atoms with Gasteiger partial charge in [0, 0.05) is 6.42 Å². The summed E-state index contributed by atoms with van der Waals surface area (Å²) in [4.78, 5) is 24.7. The van der Waals surface area contributed by atoms with Crippen LogP contribution in [0.1, 0.15) is 26.3 Å². The number of hydrogen-bond donors (Lipinski definition) is 0. The van der Waals surface area contributed by atoms with E-state index in [4.69, 9.17) is 14.2 Å². The Hall–Kier alpha value is -3.12. The van der Waals surface area contributed by atoms with E-state index < -0.39 is 11.9 Å². The maximum atomic E-state index is 12.4. The van der Waals surface area contributed by atoms with E-state index in [-0.39, 0.29) is 12.4 Å². The molecular formula is C23H19BrO5. The monoisotopic (exact) mass is 454 g/mol. The van der Waals surface area contributed by atoms with Crippen LogP contribution >= 0.6 is 15.9 Å². The Morgan fingerprint density at radius 1 is 0.862 bits per heavy atom. The van der Waals surface area contributed by atoms with Crippen molar-refractivity contribution in [2.24, 2.45) is 0 Å². The van der Waals surface area contributed by atoms with Gasteiger partial charge < -0.3 is 14.2 Å². The normalized spacial score (nSPS) is 10.3. The molecule has 0 saturated carbocycles. The van der Waals surface area contributed by atoms with E-state index in [1.54, 1.807) is 43.5 Å². The highest BCUT2D eigenvalue weighted by molar-refractivity contribution is 9.10. The van der Waals surface area contributed by atoms with Gasteiger partial charge in [-0.1, -0.05) is 36.4 Å². The van der Waals surface area contributed by atoms with Crippen molar-refractivity contribution in [3.8, 4) is 11.5 Å². The molecule has 3 rings (SSSR count). The molecule has 6 heteroatoms. The van der Waals surface area contributed by atoms with Gasteiger partial charge in [0.1, 0.15) is 11.5 Å². The lowest BCUT2D eigenvalue weighted by molar-refractivity contribution is 0.0507. The number of esters is 2. The van der Waals surface area contributed by atoms with Gasteiger partial charge in [0.2, 0.25) is 0 Å². The van der Waals surface area contributed by atoms with Crippen LogP contribution in [-0.4, -0.2) is 25.7 Å². The van der Waals surface area contributed by atoms with Crippen LogP contribution in [0.15, 0.2) is 77.3 Å². The summed E-state index contributed by atoms with van der Waals surface area (Å²) in [5, 5.41) is 0. The van der Waals surface area contributed by atoms with Crippen molar-refractivity contribution < 1.29 is 23.8 Å². The van der Waals surface area contributed by atoms with Crippen LogP contribution in [0.4, 0.5) is 0 Å². The van der Waals surface area contributed by atoms with Gasteiger partial charge in [-0.25, -0.2) is 9.59 Å². The number of halogens is 1. The third kappa shape index (κ3) is 5.68. The lowest BCUT2D eigenvalue weighted by Crippen LogP contribution is -2.11. The first-order valence-corrected chi connectivity index (χ1v) is 9.73. The van der Waals surface area contributed by atoms with E-state index in [9.17, 15) is 9.59 Å². The summed E-state index contributed by atoms with van der Waals surface area (Å²) < 4.78 is 16.5. The van der Waals surface area contributed by atoms with Crippen molar-refractivity contribution in [1.29, 1.82) is 0 Å². The lowest BCUT2D eigenvalue weighted by atomic mass is 10.2. The zero-order chi connectivity index (χ0) is 20.6. The number of ether oxygens (including phenoxy) is 3. The van der Waals surface area contributed by atoms with E-state index in [0.29, 0.717) is 27.8 Å². The summed E-state index contributed by atoms with van der Waals surface area (Å²) in [5.74, 6) is -0.129. The number of carbonyl (C=O) groups excluding carboxylic acids is 2. The smallest absolute Gasteiger partial charge is 0.343 e. The Labute approximate surface area is 177 Å². The molecule has 0 aromatic heterocycles. The van der Waals surface area contributed by atoms with Gasteiger partial charge in [-0.2, -0.15) is 0 Å². The molecule has 0 aliphatic carbocycles. The van der Waals surface area contributed by atoms with Crippen molar-refractivity contribution in [2.75, 3.05) is 13.7 Å². The molecule has 5 nitrogen and oxygen atoms in total. The molecule has 0 bridgehead atoms. The van der Waals surface area contributed by atoms with Gasteiger partial charge in [0.05, 0.1) is 29.3 Å². The SMILES string of the molecule is COc1ccc(C(=O)Oc2cccc(C(=O)OCCc3ccccc3)c2)cc1Br. The van der Waals surface area contributed by atoms with Gasteiger partial charge >= 0.3 is 11.9 Å². The molecule has 0 aliphatic heterocycles. The zero-order valence-corrected chi connectivity index (χ0v) is 17.3. The van der Waals surface area contributed by atoms with E-state index in [2.05, 4.69) is 15.9 Å². The average Bonchev–Trinajstić information content (AvgIpc) is 2.74. The second-order valence-corrected chi connectivity index (χ2v) is 6.99. The van der Waals surface area contributed by atoms with Crippen LogP contribution in [0.3, 0.4) is 0 Å². The second kappa shape index (κ2) is 9.89. The van der Waals surface area contributed by atoms with E-state index >= 15 is 0 Å². The van der Waals surface area contributed by atoms with E-state index in [1.807, 2.05) is 30.3 Å². The van der Waals surface area contributed by atoms with Crippen LogP contribution < -0.4 is 9.47 Å². The van der Waals surface area contributed by atoms with E-state index in [0.717, 1.165) is 5.56 Å². The van der Waals surface area contributed by atoms with Gasteiger partial charge in [0.25, 0.3) is 0 Å². The molecular weight excluding hydrogens is 436 g/mol. The van der Waals surface area contributed by atoms with Gasteiger partial charge in [-0.3, -0.25) is 0 Å². The van der Waals surface area contributed by atoms with Crippen LogP contribution in [0.2, 0.25) is 0 Å². The molecule has 0 heterocycles. The van der Waals surface area contributed by atoms with Gasteiger partial charge in [-0.05, 0) is 57.9 Å².